The molecular weight excluding hydrogens is 752 g/mol. The van der Waals surface area contributed by atoms with Crippen LogP contribution in [-0.2, 0) is 41.9 Å². The van der Waals surface area contributed by atoms with Crippen molar-refractivity contribution >= 4 is 78.5 Å². The number of hydrogen-bond donors (Lipinski definition) is 0. The van der Waals surface area contributed by atoms with Crippen molar-refractivity contribution in [3.63, 3.8) is 0 Å². The largest absolute Gasteiger partial charge is 0.303 e. The fraction of sp³-hybridized carbons (Fsp3) is 0.519. The molecule has 6 aliphatic carbocycles. The molecule has 0 saturated heterocycles. The Kier molecular flexibility index (Phi) is 5.77. The second-order valence-electron chi connectivity index (χ2n) is 23.5. The molecule has 13 rings (SSSR count). The molecule has 0 amide bonds. The molecule has 4 fully saturated rings. The Morgan fingerprint density at radius 1 is 0.576 bits per heavy atom. The maximum atomic E-state index is 10.9. The van der Waals surface area contributed by atoms with E-state index in [-0.39, 0.29) is 82.6 Å². The van der Waals surface area contributed by atoms with E-state index < -0.39 is 23.0 Å². The van der Waals surface area contributed by atoms with Gasteiger partial charge in [-0.3, -0.25) is 0 Å². The molecule has 0 N–H and O–H groups in total. The summed E-state index contributed by atoms with van der Waals surface area (Å²) in [6.07, 6.45) is 9.30. The maximum absolute atomic E-state index is 10.9. The molecule has 8 aliphatic rings. The van der Waals surface area contributed by atoms with Gasteiger partial charge in [0, 0.05) is 32.5 Å². The molecule has 59 heavy (non-hydrogen) atoms. The van der Waals surface area contributed by atoms with E-state index in [1.165, 1.54) is 20.9 Å². The van der Waals surface area contributed by atoms with Crippen molar-refractivity contribution in [3.05, 3.63) is 98.0 Å². The highest BCUT2D eigenvalue weighted by Gasteiger charge is 2.55. The lowest BCUT2D eigenvalue weighted by atomic mass is 9.33. The first kappa shape index (κ1) is 28.3. The first-order valence-corrected chi connectivity index (χ1v) is 24.0. The number of rotatable bonds is 3. The average Bonchev–Trinajstić information content (AvgIpc) is 3.91. The van der Waals surface area contributed by atoms with Crippen LogP contribution < -0.4 is 26.2 Å². The monoisotopic (exact) mass is 825 g/mol. The number of hydrogen-bond acceptors (Lipinski definition) is 4. The molecule has 0 atom stereocenters. The van der Waals surface area contributed by atoms with Crippen LogP contribution in [0.3, 0.4) is 0 Å². The van der Waals surface area contributed by atoms with Gasteiger partial charge in [0.2, 0.25) is 0 Å². The van der Waals surface area contributed by atoms with Crippen LogP contribution in [0.2, 0.25) is 0 Å². The van der Waals surface area contributed by atoms with Crippen LogP contribution in [0.5, 0.6) is 0 Å². The summed E-state index contributed by atoms with van der Waals surface area (Å²) in [7, 11) is 0. The SMILES string of the molecule is [2H]c1c([2H])c(C(C)(C)C)c([2H])c([2H])c1N1c2sc3c(c2B2c4c(sc5c4CC(C)(C)C5)N(c4c([2H])c([2H])c(C(C)(C)C)c([2H])c4[2H])c4c([2H])c(C56CC7CC(CC(C7)C5)C6)c([2H])c1c42)CC(C)(C)C3. The minimum atomic E-state index is -0.688. The second-order valence-corrected chi connectivity index (χ2v) is 25.6. The summed E-state index contributed by atoms with van der Waals surface area (Å²) in [5.41, 5.74) is 5.72. The van der Waals surface area contributed by atoms with Crippen molar-refractivity contribution in [1.29, 1.82) is 0 Å². The van der Waals surface area contributed by atoms with Gasteiger partial charge in [0.05, 0.1) is 23.7 Å². The highest BCUT2D eigenvalue weighted by Crippen LogP contribution is 2.62. The molecule has 0 spiro atoms. The first-order chi connectivity index (χ1) is 32.1. The molecule has 4 saturated carbocycles. The third-order valence-electron chi connectivity index (χ3n) is 15.3. The van der Waals surface area contributed by atoms with Crippen molar-refractivity contribution in [2.24, 2.45) is 28.6 Å². The minimum Gasteiger partial charge on any atom is -0.303 e. The zero-order valence-electron chi connectivity index (χ0n) is 46.6. The summed E-state index contributed by atoms with van der Waals surface area (Å²) in [5.74, 6) is 1.45. The van der Waals surface area contributed by atoms with Gasteiger partial charge in [-0.05, 0) is 189 Å². The number of benzene rings is 3. The molecule has 5 aromatic rings. The third-order valence-corrected chi connectivity index (χ3v) is 17.7. The van der Waals surface area contributed by atoms with E-state index in [0.29, 0.717) is 51.3 Å². The van der Waals surface area contributed by atoms with Gasteiger partial charge < -0.3 is 9.80 Å². The van der Waals surface area contributed by atoms with Gasteiger partial charge in [-0.2, -0.15) is 0 Å². The zero-order valence-corrected chi connectivity index (χ0v) is 38.2. The lowest BCUT2D eigenvalue weighted by Gasteiger charge is -2.57. The van der Waals surface area contributed by atoms with E-state index >= 15 is 0 Å². The van der Waals surface area contributed by atoms with E-state index in [0.717, 1.165) is 85.1 Å². The molecule has 4 bridgehead atoms. The van der Waals surface area contributed by atoms with Crippen molar-refractivity contribution in [2.45, 2.75) is 150 Å². The Hall–Kier alpha value is -3.28. The Morgan fingerprint density at radius 3 is 1.34 bits per heavy atom. The van der Waals surface area contributed by atoms with Crippen LogP contribution in [0.15, 0.2) is 60.4 Å². The summed E-state index contributed by atoms with van der Waals surface area (Å²) >= 11 is 3.33. The third kappa shape index (κ3) is 5.54. The van der Waals surface area contributed by atoms with Gasteiger partial charge in [-0.15, -0.1) is 22.7 Å². The van der Waals surface area contributed by atoms with Crippen LogP contribution in [0.4, 0.5) is 32.8 Å². The highest BCUT2D eigenvalue weighted by molar-refractivity contribution is 7.23. The van der Waals surface area contributed by atoms with Crippen LogP contribution in [0, 0.1) is 28.6 Å². The van der Waals surface area contributed by atoms with E-state index in [9.17, 15) is 13.7 Å². The van der Waals surface area contributed by atoms with Gasteiger partial charge in [-0.1, -0.05) is 93.4 Å². The molecule has 5 heteroatoms. The fourth-order valence-electron chi connectivity index (χ4n) is 13.0. The van der Waals surface area contributed by atoms with Crippen LogP contribution in [-0.4, -0.2) is 6.71 Å². The van der Waals surface area contributed by atoms with Crippen LogP contribution >= 0.6 is 22.7 Å². The van der Waals surface area contributed by atoms with E-state index in [1.807, 2.05) is 51.3 Å². The quantitative estimate of drug-likeness (QED) is 0.164. The molecular formula is C54H63BN2S2. The van der Waals surface area contributed by atoms with Crippen molar-refractivity contribution in [2.75, 3.05) is 9.80 Å². The van der Waals surface area contributed by atoms with Crippen molar-refractivity contribution < 1.29 is 13.7 Å². The number of fused-ring (bicyclic) bond motifs is 8. The lowest BCUT2D eigenvalue weighted by Crippen LogP contribution is -2.62. The molecule has 3 aromatic carbocycles. The molecule has 2 aliphatic heterocycles. The topological polar surface area (TPSA) is 6.48 Å². The fourth-order valence-corrected chi connectivity index (χ4v) is 16.3. The number of thiophene rings is 2. The maximum Gasteiger partial charge on any atom is 0.255 e. The Morgan fingerprint density at radius 2 is 0.966 bits per heavy atom. The average molecular weight is 825 g/mol. The molecule has 2 aromatic heterocycles. The Bertz CT molecular complexity index is 2890. The predicted molar refractivity (Wildman–Crippen MR) is 256 cm³/mol. The Labute approximate surface area is 377 Å². The summed E-state index contributed by atoms with van der Waals surface area (Å²) in [6, 6.07) is -0.645. The zero-order chi connectivity index (χ0) is 49.5. The first-order valence-electron chi connectivity index (χ1n) is 27.3. The molecule has 0 unspecified atom stereocenters. The highest BCUT2D eigenvalue weighted by atomic mass is 32.1. The molecule has 4 heterocycles. The van der Waals surface area contributed by atoms with E-state index in [4.69, 9.17) is 0 Å². The van der Waals surface area contributed by atoms with Crippen LogP contribution in [0.1, 0.15) is 159 Å². The van der Waals surface area contributed by atoms with Gasteiger partial charge in [0.1, 0.15) is 0 Å². The van der Waals surface area contributed by atoms with Crippen LogP contribution in [0.25, 0.3) is 0 Å². The smallest absolute Gasteiger partial charge is 0.255 e. The number of nitrogens with zero attached hydrogens (tertiary/aromatic N) is 2. The van der Waals surface area contributed by atoms with E-state index in [1.54, 1.807) is 22.7 Å². The van der Waals surface area contributed by atoms with Gasteiger partial charge in [-0.25, -0.2) is 0 Å². The van der Waals surface area contributed by atoms with Crippen molar-refractivity contribution in [3.8, 4) is 0 Å². The van der Waals surface area contributed by atoms with Gasteiger partial charge in [0.15, 0.2) is 0 Å². The summed E-state index contributed by atoms with van der Waals surface area (Å²) in [6.45, 7) is 20.2. The minimum absolute atomic E-state index is 0.0436. The summed E-state index contributed by atoms with van der Waals surface area (Å²) < 4.78 is 100. The molecule has 0 radical (unpaired) electrons. The molecule has 2 nitrogen and oxygen atoms in total. The Balaban J connectivity index is 1.28. The normalized spacial score (nSPS) is 28.9. The summed E-state index contributed by atoms with van der Waals surface area (Å²) in [4.78, 5) is 6.30. The number of anilines is 6. The second kappa shape index (κ2) is 12.0. The van der Waals surface area contributed by atoms with Gasteiger partial charge in [0.25, 0.3) is 6.71 Å². The van der Waals surface area contributed by atoms with Gasteiger partial charge >= 0.3 is 0 Å². The predicted octanol–water partition coefficient (Wildman–Crippen LogP) is 13.2. The summed E-state index contributed by atoms with van der Waals surface area (Å²) in [5, 5.41) is 1.64. The molecule has 304 valence electrons. The lowest BCUT2D eigenvalue weighted by molar-refractivity contribution is -0.00514. The standard InChI is InChI=1S/C54H63BN2S2/c1-50(2,3)34-11-15-37(16-12-34)56-41-22-36(54-24-31-19-32(25-54)21-33(20-31)26-54)23-42-47(41)55(45-39-27-52(7,8)29-43(39)58-48(45)56)46-40-28-53(9,10)30-44(40)59-49(46)57(42)38-17-13-35(14-18-38)51(4,5)6/h11-18,22-23,31-33H,19-21,24-30H2,1-10H3/i11D,12D,13D,14D,15D,16D,17D,18D,22D,23D. The van der Waals surface area contributed by atoms with E-state index in [2.05, 4.69) is 27.7 Å². The van der Waals surface area contributed by atoms with Crippen molar-refractivity contribution in [1.82, 2.24) is 0 Å².